The summed E-state index contributed by atoms with van der Waals surface area (Å²) in [6.45, 7) is 6.26. The summed E-state index contributed by atoms with van der Waals surface area (Å²) in [5, 5.41) is 26.8. The molecule has 31 heavy (non-hydrogen) atoms. The molecular weight excluding hydrogens is 414 g/mol. The number of ether oxygens (including phenoxy) is 1. The average molecular weight is 446 g/mol. The van der Waals surface area contributed by atoms with Crippen LogP contribution in [0.1, 0.15) is 30.5 Å². The van der Waals surface area contributed by atoms with Crippen LogP contribution in [-0.4, -0.2) is 47.2 Å². The molecule has 0 amide bonds. The van der Waals surface area contributed by atoms with Crippen LogP contribution in [-0.2, 0) is 24.1 Å². The normalized spacial score (nSPS) is 13.0. The first-order chi connectivity index (χ1) is 14.8. The number of aromatic amines is 1. The highest BCUT2D eigenvalue weighted by molar-refractivity contribution is 7.16. The van der Waals surface area contributed by atoms with Gasteiger partial charge < -0.3 is 25.3 Å². The van der Waals surface area contributed by atoms with Crippen LogP contribution in [0.2, 0.25) is 0 Å². The summed E-state index contributed by atoms with van der Waals surface area (Å²) < 4.78 is 6.11. The molecule has 3 aromatic rings. The lowest BCUT2D eigenvalue weighted by molar-refractivity contribution is 0.0230. The molecule has 0 fully saturated rings. The molecule has 0 aliphatic rings. The quantitative estimate of drug-likeness (QED) is 0.290. The molecule has 168 valence electrons. The minimum Gasteiger partial charge on any atom is -0.506 e. The van der Waals surface area contributed by atoms with Gasteiger partial charge in [-0.3, -0.25) is 10.1 Å². The predicted molar refractivity (Wildman–Crippen MR) is 125 cm³/mol. The number of hydrogen-bond donors (Lipinski definition) is 5. The zero-order valence-corrected chi connectivity index (χ0v) is 19.0. The molecule has 1 heterocycles. The van der Waals surface area contributed by atoms with E-state index in [4.69, 9.17) is 4.74 Å². The van der Waals surface area contributed by atoms with E-state index in [0.717, 1.165) is 36.4 Å². The van der Waals surface area contributed by atoms with Crippen LogP contribution in [0.4, 0.5) is 0 Å². The number of hydrogen-bond acceptors (Lipinski definition) is 7. The topological polar surface area (TPSA) is 107 Å². The summed E-state index contributed by atoms with van der Waals surface area (Å²) in [6, 6.07) is 11.7. The van der Waals surface area contributed by atoms with Crippen molar-refractivity contribution in [1.29, 1.82) is 0 Å². The molecule has 0 radical (unpaired) electrons. The van der Waals surface area contributed by atoms with Crippen molar-refractivity contribution in [1.82, 2.24) is 15.6 Å². The van der Waals surface area contributed by atoms with E-state index in [-0.39, 0.29) is 16.2 Å². The molecule has 2 aromatic carbocycles. The van der Waals surface area contributed by atoms with Crippen molar-refractivity contribution in [2.75, 3.05) is 20.2 Å². The molecule has 7 nitrogen and oxygen atoms in total. The Bertz CT molecular complexity index is 1060. The Hall–Kier alpha value is -2.23. The van der Waals surface area contributed by atoms with E-state index < -0.39 is 6.23 Å². The number of nitrogens with one attached hydrogen (secondary N) is 3. The monoisotopic (exact) mass is 445 g/mol. The number of rotatable bonds is 11. The summed E-state index contributed by atoms with van der Waals surface area (Å²) in [7, 11) is 1.72. The number of fused-ring (bicyclic) bond motifs is 1. The van der Waals surface area contributed by atoms with E-state index in [9.17, 15) is 15.0 Å². The van der Waals surface area contributed by atoms with Crippen molar-refractivity contribution >= 4 is 21.6 Å². The molecule has 1 aromatic heterocycles. The molecule has 3 rings (SSSR count). The van der Waals surface area contributed by atoms with Crippen molar-refractivity contribution in [3.8, 4) is 5.75 Å². The first-order valence-electron chi connectivity index (χ1n) is 10.4. The fourth-order valence-electron chi connectivity index (χ4n) is 3.37. The van der Waals surface area contributed by atoms with Gasteiger partial charge in [-0.25, -0.2) is 0 Å². The number of aromatic nitrogens is 1. The van der Waals surface area contributed by atoms with Crippen LogP contribution in [0.5, 0.6) is 5.75 Å². The molecule has 0 bridgehead atoms. The minimum atomic E-state index is -0.744. The SMILES string of the molecule is COC(C)(C)CNCc1cccc(CCNC(O)Cc2ccc(O)c3[nH]c(=O)sc23)c1. The van der Waals surface area contributed by atoms with Gasteiger partial charge in [0.2, 0.25) is 0 Å². The molecule has 0 aliphatic heterocycles. The Kier molecular flexibility index (Phi) is 7.85. The fourth-order valence-corrected chi connectivity index (χ4v) is 4.25. The molecule has 5 N–H and O–H groups in total. The summed E-state index contributed by atoms with van der Waals surface area (Å²) in [5.74, 6) is 0.0414. The third-order valence-corrected chi connectivity index (χ3v) is 6.23. The van der Waals surface area contributed by atoms with E-state index in [0.29, 0.717) is 23.2 Å². The Morgan fingerprint density at radius 2 is 2.00 bits per heavy atom. The third-order valence-electron chi connectivity index (χ3n) is 5.27. The Labute approximate surface area is 186 Å². The van der Waals surface area contributed by atoms with E-state index in [1.54, 1.807) is 19.2 Å². The van der Waals surface area contributed by atoms with Crippen LogP contribution in [0, 0.1) is 0 Å². The number of phenolic OH excluding ortho intramolecular Hbond substituents is 1. The number of thiazole rings is 1. The molecule has 0 aliphatic carbocycles. The number of aromatic hydroxyl groups is 1. The summed E-state index contributed by atoms with van der Waals surface area (Å²) in [6.07, 6.45) is 0.395. The largest absolute Gasteiger partial charge is 0.506 e. The predicted octanol–water partition coefficient (Wildman–Crippen LogP) is 2.50. The highest BCUT2D eigenvalue weighted by Gasteiger charge is 2.15. The number of methoxy groups -OCH3 is 1. The van der Waals surface area contributed by atoms with Crippen LogP contribution in [0.3, 0.4) is 0 Å². The second-order valence-corrected chi connectivity index (χ2v) is 9.26. The maximum atomic E-state index is 11.6. The van der Waals surface area contributed by atoms with Gasteiger partial charge in [0, 0.05) is 33.2 Å². The number of aliphatic hydroxyl groups excluding tert-OH is 1. The minimum absolute atomic E-state index is 0.0414. The Balaban J connectivity index is 1.49. The number of benzene rings is 2. The zero-order chi connectivity index (χ0) is 22.4. The van der Waals surface area contributed by atoms with Crippen molar-refractivity contribution in [2.45, 2.75) is 45.1 Å². The smallest absolute Gasteiger partial charge is 0.305 e. The van der Waals surface area contributed by atoms with Gasteiger partial charge in [-0.05, 0) is 43.0 Å². The van der Waals surface area contributed by atoms with E-state index in [1.807, 2.05) is 19.9 Å². The molecule has 0 spiro atoms. The van der Waals surface area contributed by atoms with Crippen LogP contribution >= 0.6 is 11.3 Å². The lowest BCUT2D eigenvalue weighted by atomic mass is 10.1. The first-order valence-corrected chi connectivity index (χ1v) is 11.2. The van der Waals surface area contributed by atoms with Gasteiger partial charge >= 0.3 is 4.87 Å². The van der Waals surface area contributed by atoms with Gasteiger partial charge in [0.25, 0.3) is 0 Å². The summed E-state index contributed by atoms with van der Waals surface area (Å²) in [4.78, 5) is 14.0. The van der Waals surface area contributed by atoms with Gasteiger partial charge in [-0.15, -0.1) is 0 Å². The lowest BCUT2D eigenvalue weighted by Gasteiger charge is -2.23. The van der Waals surface area contributed by atoms with E-state index in [1.165, 1.54) is 11.1 Å². The van der Waals surface area contributed by atoms with Gasteiger partial charge in [0.15, 0.2) is 0 Å². The van der Waals surface area contributed by atoms with Crippen molar-refractivity contribution in [3.05, 3.63) is 62.8 Å². The lowest BCUT2D eigenvalue weighted by Crippen LogP contribution is -2.36. The maximum absolute atomic E-state index is 11.6. The molecular formula is C23H31N3O4S. The Morgan fingerprint density at radius 1 is 1.23 bits per heavy atom. The average Bonchev–Trinajstić information content (AvgIpc) is 3.13. The highest BCUT2D eigenvalue weighted by Crippen LogP contribution is 2.28. The number of aliphatic hydroxyl groups is 1. The molecule has 8 heteroatoms. The van der Waals surface area contributed by atoms with Gasteiger partial charge in [0.1, 0.15) is 17.5 Å². The fraction of sp³-hybridized carbons (Fsp3) is 0.435. The van der Waals surface area contributed by atoms with Crippen LogP contribution in [0.25, 0.3) is 10.2 Å². The van der Waals surface area contributed by atoms with Gasteiger partial charge in [-0.2, -0.15) is 0 Å². The van der Waals surface area contributed by atoms with E-state index >= 15 is 0 Å². The second kappa shape index (κ2) is 10.4. The zero-order valence-electron chi connectivity index (χ0n) is 18.2. The third kappa shape index (κ3) is 6.62. The summed E-state index contributed by atoms with van der Waals surface area (Å²) in [5.41, 5.74) is 3.46. The summed E-state index contributed by atoms with van der Waals surface area (Å²) >= 11 is 1.04. The number of phenols is 1. The highest BCUT2D eigenvalue weighted by atomic mass is 32.1. The standard InChI is InChI=1S/C23H31N3O4S/c1-23(2,30-3)14-24-13-16-6-4-5-15(11-16)9-10-25-19(28)12-17-7-8-18(27)20-21(17)31-22(29)26-20/h4-8,11,19,24-25,27-28H,9-10,12-14H2,1-3H3,(H,26,29). The first kappa shape index (κ1) is 23.4. The van der Waals surface area contributed by atoms with Crippen molar-refractivity contribution in [2.24, 2.45) is 0 Å². The van der Waals surface area contributed by atoms with Crippen LogP contribution < -0.4 is 15.5 Å². The van der Waals surface area contributed by atoms with Gasteiger partial charge in [-0.1, -0.05) is 41.7 Å². The second-order valence-electron chi connectivity index (χ2n) is 8.27. The Morgan fingerprint density at radius 3 is 2.77 bits per heavy atom. The van der Waals surface area contributed by atoms with Crippen LogP contribution in [0.15, 0.2) is 41.2 Å². The van der Waals surface area contributed by atoms with Gasteiger partial charge in [0.05, 0.1) is 10.3 Å². The number of H-pyrrole nitrogens is 1. The molecule has 1 unspecified atom stereocenters. The molecule has 0 saturated carbocycles. The van der Waals surface area contributed by atoms with Crippen molar-refractivity contribution < 1.29 is 14.9 Å². The molecule has 0 saturated heterocycles. The maximum Gasteiger partial charge on any atom is 0.305 e. The molecule has 1 atom stereocenters. The van der Waals surface area contributed by atoms with Crippen molar-refractivity contribution in [3.63, 3.8) is 0 Å². The van der Waals surface area contributed by atoms with E-state index in [2.05, 4.69) is 33.8 Å².